The summed E-state index contributed by atoms with van der Waals surface area (Å²) in [4.78, 5) is 41.8. The molecular formula is C23H26N4O3S2. The van der Waals surface area contributed by atoms with E-state index in [1.807, 2.05) is 55.6 Å². The number of hydrogen-bond donors (Lipinski definition) is 3. The van der Waals surface area contributed by atoms with Gasteiger partial charge >= 0.3 is 0 Å². The molecule has 0 aliphatic rings. The average molecular weight is 471 g/mol. The lowest BCUT2D eigenvalue weighted by Gasteiger charge is -2.11. The van der Waals surface area contributed by atoms with Crippen molar-refractivity contribution >= 4 is 51.2 Å². The van der Waals surface area contributed by atoms with Crippen LogP contribution in [-0.4, -0.2) is 22.7 Å². The Labute approximate surface area is 195 Å². The second-order valence-electron chi connectivity index (χ2n) is 7.40. The number of thiazole rings is 1. The minimum Gasteiger partial charge on any atom is -0.352 e. The van der Waals surface area contributed by atoms with Gasteiger partial charge in [-0.25, -0.2) is 4.98 Å². The number of nitrogens with zero attached hydrogens (tertiary/aromatic N) is 1. The SMILES string of the molecule is CCC(C)C(=O)Nc1cccc(CNC(=O)Cc2csc(NC(=O)Cc3cccs3)n2)c1. The van der Waals surface area contributed by atoms with Crippen LogP contribution in [0.3, 0.4) is 0 Å². The van der Waals surface area contributed by atoms with Crippen molar-refractivity contribution in [3.63, 3.8) is 0 Å². The van der Waals surface area contributed by atoms with E-state index in [-0.39, 0.29) is 30.1 Å². The topological polar surface area (TPSA) is 100 Å². The van der Waals surface area contributed by atoms with Crippen LogP contribution < -0.4 is 16.0 Å². The third-order valence-corrected chi connectivity index (χ3v) is 6.48. The first-order chi connectivity index (χ1) is 15.4. The van der Waals surface area contributed by atoms with Gasteiger partial charge in [-0.2, -0.15) is 0 Å². The lowest BCUT2D eigenvalue weighted by atomic mass is 10.1. The quantitative estimate of drug-likeness (QED) is 0.413. The predicted molar refractivity (Wildman–Crippen MR) is 129 cm³/mol. The van der Waals surface area contributed by atoms with Crippen LogP contribution in [0.5, 0.6) is 0 Å². The lowest BCUT2D eigenvalue weighted by Crippen LogP contribution is -2.25. The number of amides is 3. The van der Waals surface area contributed by atoms with Gasteiger partial charge in [0.25, 0.3) is 0 Å². The zero-order valence-corrected chi connectivity index (χ0v) is 19.6. The first-order valence-corrected chi connectivity index (χ1v) is 12.1. The van der Waals surface area contributed by atoms with Crippen molar-refractivity contribution in [1.29, 1.82) is 0 Å². The molecule has 32 heavy (non-hydrogen) atoms. The maximum Gasteiger partial charge on any atom is 0.231 e. The number of hydrogen-bond acceptors (Lipinski definition) is 6. The summed E-state index contributed by atoms with van der Waals surface area (Å²) in [6.45, 7) is 4.21. The number of nitrogens with one attached hydrogen (secondary N) is 3. The molecule has 0 spiro atoms. The first-order valence-electron chi connectivity index (χ1n) is 10.4. The largest absolute Gasteiger partial charge is 0.352 e. The minimum atomic E-state index is -0.166. The Morgan fingerprint density at radius 3 is 2.62 bits per heavy atom. The molecule has 168 valence electrons. The van der Waals surface area contributed by atoms with Gasteiger partial charge in [-0.3, -0.25) is 14.4 Å². The van der Waals surface area contributed by atoms with Gasteiger partial charge in [0.05, 0.1) is 18.5 Å². The zero-order chi connectivity index (χ0) is 22.9. The number of aromatic nitrogens is 1. The Morgan fingerprint density at radius 2 is 1.88 bits per heavy atom. The van der Waals surface area contributed by atoms with E-state index < -0.39 is 0 Å². The van der Waals surface area contributed by atoms with Crippen LogP contribution in [0.15, 0.2) is 47.2 Å². The maximum absolute atomic E-state index is 12.3. The smallest absolute Gasteiger partial charge is 0.231 e. The second kappa shape index (κ2) is 11.5. The van der Waals surface area contributed by atoms with Crippen LogP contribution in [0.4, 0.5) is 10.8 Å². The predicted octanol–water partition coefficient (Wildman–Crippen LogP) is 4.23. The lowest BCUT2D eigenvalue weighted by molar-refractivity contribution is -0.121. The summed E-state index contributed by atoms with van der Waals surface area (Å²) in [5.41, 5.74) is 2.21. The van der Waals surface area contributed by atoms with E-state index in [0.717, 1.165) is 16.9 Å². The molecule has 0 radical (unpaired) electrons. The summed E-state index contributed by atoms with van der Waals surface area (Å²) >= 11 is 2.83. The number of carbonyl (C=O) groups is 3. The van der Waals surface area contributed by atoms with Crippen molar-refractivity contribution in [2.75, 3.05) is 10.6 Å². The molecule has 3 amide bonds. The van der Waals surface area contributed by atoms with E-state index in [1.54, 1.807) is 5.38 Å². The van der Waals surface area contributed by atoms with Crippen LogP contribution in [0.25, 0.3) is 0 Å². The van der Waals surface area contributed by atoms with Crippen LogP contribution in [0.2, 0.25) is 0 Å². The fourth-order valence-electron chi connectivity index (χ4n) is 2.82. The molecule has 0 fully saturated rings. The molecule has 0 bridgehead atoms. The Bertz CT molecular complexity index is 1060. The number of anilines is 2. The van der Waals surface area contributed by atoms with Gasteiger partial charge in [-0.05, 0) is 35.6 Å². The van der Waals surface area contributed by atoms with Crippen molar-refractivity contribution in [3.05, 3.63) is 63.3 Å². The second-order valence-corrected chi connectivity index (χ2v) is 9.29. The van der Waals surface area contributed by atoms with Crippen molar-refractivity contribution < 1.29 is 14.4 Å². The van der Waals surface area contributed by atoms with Gasteiger partial charge in [0.15, 0.2) is 5.13 Å². The highest BCUT2D eigenvalue weighted by Gasteiger charge is 2.12. The fourth-order valence-corrected chi connectivity index (χ4v) is 4.25. The standard InChI is InChI=1S/C23H26N4O3S2/c1-3-15(2)22(30)25-17-7-4-6-16(10-17)13-24-20(28)11-18-14-32-23(26-18)27-21(29)12-19-8-5-9-31-19/h4-10,14-15H,3,11-13H2,1-2H3,(H,24,28)(H,25,30)(H,26,27,29). The average Bonchev–Trinajstić information content (AvgIpc) is 3.44. The van der Waals surface area contributed by atoms with Gasteiger partial charge in [0.1, 0.15) is 0 Å². The van der Waals surface area contributed by atoms with E-state index in [1.165, 1.54) is 22.7 Å². The normalized spacial score (nSPS) is 11.6. The van der Waals surface area contributed by atoms with Gasteiger partial charge in [0.2, 0.25) is 17.7 Å². The Kier molecular flexibility index (Phi) is 8.52. The molecule has 1 atom stereocenters. The highest BCUT2D eigenvalue weighted by atomic mass is 32.1. The van der Waals surface area contributed by atoms with Crippen LogP contribution >= 0.6 is 22.7 Å². The molecular weight excluding hydrogens is 444 g/mol. The molecule has 1 aromatic carbocycles. The Balaban J connectivity index is 1.45. The van der Waals surface area contributed by atoms with E-state index in [4.69, 9.17) is 0 Å². The van der Waals surface area contributed by atoms with E-state index in [2.05, 4.69) is 20.9 Å². The number of benzene rings is 1. The molecule has 0 saturated heterocycles. The summed E-state index contributed by atoms with van der Waals surface area (Å²) in [5, 5.41) is 12.7. The number of rotatable bonds is 10. The molecule has 3 aromatic rings. The molecule has 0 aliphatic heterocycles. The summed E-state index contributed by atoms with van der Waals surface area (Å²) in [6.07, 6.45) is 1.21. The monoisotopic (exact) mass is 470 g/mol. The van der Waals surface area contributed by atoms with Crippen molar-refractivity contribution in [1.82, 2.24) is 10.3 Å². The molecule has 2 heterocycles. The minimum absolute atomic E-state index is 0.0181. The summed E-state index contributed by atoms with van der Waals surface area (Å²) < 4.78 is 0. The maximum atomic E-state index is 12.3. The van der Waals surface area contributed by atoms with E-state index in [0.29, 0.717) is 29.5 Å². The van der Waals surface area contributed by atoms with Crippen LogP contribution in [0.1, 0.15) is 36.4 Å². The van der Waals surface area contributed by atoms with Gasteiger partial charge in [0, 0.05) is 28.4 Å². The van der Waals surface area contributed by atoms with Crippen molar-refractivity contribution in [3.8, 4) is 0 Å². The molecule has 0 saturated carbocycles. The van der Waals surface area contributed by atoms with Crippen molar-refractivity contribution in [2.45, 2.75) is 39.7 Å². The van der Waals surface area contributed by atoms with Gasteiger partial charge in [-0.15, -0.1) is 22.7 Å². The van der Waals surface area contributed by atoms with E-state index in [9.17, 15) is 14.4 Å². The molecule has 2 aromatic heterocycles. The summed E-state index contributed by atoms with van der Waals surface area (Å²) in [5.74, 6) is -0.365. The Hall–Kier alpha value is -3.04. The van der Waals surface area contributed by atoms with Crippen LogP contribution in [0, 0.1) is 5.92 Å². The number of carbonyl (C=O) groups excluding carboxylic acids is 3. The molecule has 0 aliphatic carbocycles. The molecule has 3 rings (SSSR count). The molecule has 3 N–H and O–H groups in total. The Morgan fingerprint density at radius 1 is 1.03 bits per heavy atom. The van der Waals surface area contributed by atoms with Crippen molar-refractivity contribution in [2.24, 2.45) is 5.92 Å². The van der Waals surface area contributed by atoms with Gasteiger partial charge < -0.3 is 16.0 Å². The highest BCUT2D eigenvalue weighted by Crippen LogP contribution is 2.17. The van der Waals surface area contributed by atoms with Crippen LogP contribution in [-0.2, 0) is 33.8 Å². The van der Waals surface area contributed by atoms with Gasteiger partial charge in [-0.1, -0.05) is 32.0 Å². The third-order valence-electron chi connectivity index (χ3n) is 4.80. The van der Waals surface area contributed by atoms with E-state index >= 15 is 0 Å². The highest BCUT2D eigenvalue weighted by molar-refractivity contribution is 7.14. The third kappa shape index (κ3) is 7.28. The molecule has 1 unspecified atom stereocenters. The summed E-state index contributed by atoms with van der Waals surface area (Å²) in [7, 11) is 0. The first kappa shape index (κ1) is 23.6. The fraction of sp³-hybridized carbons (Fsp3) is 0.304. The zero-order valence-electron chi connectivity index (χ0n) is 18.0. The molecule has 9 heteroatoms. The molecule has 7 nitrogen and oxygen atoms in total. The number of thiophene rings is 1. The summed E-state index contributed by atoms with van der Waals surface area (Å²) in [6, 6.07) is 11.2.